The Morgan fingerprint density at radius 2 is 1.68 bits per heavy atom. The van der Waals surface area contributed by atoms with Crippen molar-refractivity contribution in [3.05, 3.63) is 54.1 Å². The third-order valence-electron chi connectivity index (χ3n) is 2.96. The van der Waals surface area contributed by atoms with Crippen molar-refractivity contribution in [1.82, 2.24) is 0 Å². The van der Waals surface area contributed by atoms with Gasteiger partial charge < -0.3 is 5.32 Å². The minimum atomic E-state index is -4.69. The Hall–Kier alpha value is -2.07. The topological polar surface area (TPSA) is 63.2 Å². The number of alkyl halides is 2. The molecule has 0 spiro atoms. The quantitative estimate of drug-likeness (QED) is 0.601. The van der Waals surface area contributed by atoms with E-state index in [1.165, 1.54) is 18.2 Å². The van der Waals surface area contributed by atoms with E-state index in [9.17, 15) is 30.8 Å². The molecule has 1 amide bonds. The van der Waals surface area contributed by atoms with Crippen molar-refractivity contribution in [3.8, 4) is 0 Å². The van der Waals surface area contributed by atoms with Crippen molar-refractivity contribution in [2.75, 3.05) is 11.1 Å². The van der Waals surface area contributed by atoms with Crippen LogP contribution in [-0.4, -0.2) is 25.8 Å². The first-order chi connectivity index (χ1) is 11.7. The van der Waals surface area contributed by atoms with Gasteiger partial charge in [0.25, 0.3) is 0 Å². The number of carbonyl (C=O) groups is 1. The van der Waals surface area contributed by atoms with Crippen molar-refractivity contribution in [2.45, 2.75) is 15.5 Å². The second kappa shape index (κ2) is 7.87. The van der Waals surface area contributed by atoms with Crippen molar-refractivity contribution in [2.24, 2.45) is 0 Å². The zero-order chi connectivity index (χ0) is 18.6. The number of sulfone groups is 1. The van der Waals surface area contributed by atoms with Crippen LogP contribution in [0.5, 0.6) is 0 Å². The van der Waals surface area contributed by atoms with Gasteiger partial charge in [0.05, 0.1) is 10.6 Å². The van der Waals surface area contributed by atoms with Gasteiger partial charge in [0.2, 0.25) is 15.7 Å². The first-order valence-electron chi connectivity index (χ1n) is 6.70. The first-order valence-corrected chi connectivity index (χ1v) is 9.23. The van der Waals surface area contributed by atoms with Crippen LogP contribution in [0.4, 0.5) is 23.2 Å². The normalized spacial score (nSPS) is 11.6. The fraction of sp³-hybridized carbons (Fsp3) is 0.133. The van der Waals surface area contributed by atoms with Crippen LogP contribution >= 0.6 is 11.8 Å². The minimum absolute atomic E-state index is 0.109. The van der Waals surface area contributed by atoms with Gasteiger partial charge in [-0.3, -0.25) is 4.79 Å². The van der Waals surface area contributed by atoms with Gasteiger partial charge in [-0.25, -0.2) is 17.2 Å². The molecule has 10 heteroatoms. The van der Waals surface area contributed by atoms with E-state index in [0.717, 1.165) is 36.0 Å². The molecular formula is C15H11F4NO3S2. The maximum Gasteiger partial charge on any atom is 0.341 e. The number of amides is 1. The van der Waals surface area contributed by atoms with Crippen molar-refractivity contribution < 1.29 is 30.8 Å². The molecule has 0 aliphatic heterocycles. The molecule has 0 fully saturated rings. The van der Waals surface area contributed by atoms with Gasteiger partial charge in [0.1, 0.15) is 0 Å². The SMILES string of the molecule is O=C(CSc1ccc(F)c(F)c1)Nc1ccc(S(=O)(=O)C(F)F)cc1. The van der Waals surface area contributed by atoms with E-state index in [1.54, 1.807) is 0 Å². The van der Waals surface area contributed by atoms with Gasteiger partial charge in [0, 0.05) is 10.6 Å². The molecule has 2 aromatic carbocycles. The highest BCUT2D eigenvalue weighted by molar-refractivity contribution is 8.00. The Morgan fingerprint density at radius 3 is 2.24 bits per heavy atom. The van der Waals surface area contributed by atoms with Gasteiger partial charge in [-0.1, -0.05) is 0 Å². The van der Waals surface area contributed by atoms with Crippen LogP contribution < -0.4 is 5.32 Å². The molecule has 2 rings (SSSR count). The lowest BCUT2D eigenvalue weighted by molar-refractivity contribution is -0.113. The maximum atomic E-state index is 13.1. The van der Waals surface area contributed by atoms with Crippen molar-refractivity contribution in [3.63, 3.8) is 0 Å². The Bertz CT molecular complexity index is 871. The van der Waals surface area contributed by atoms with Crippen LogP contribution in [0.3, 0.4) is 0 Å². The molecule has 2 aromatic rings. The van der Waals surface area contributed by atoms with Crippen molar-refractivity contribution >= 4 is 33.2 Å². The summed E-state index contributed by atoms with van der Waals surface area (Å²) in [5.74, 6) is -6.14. The molecule has 0 heterocycles. The van der Waals surface area contributed by atoms with Crippen LogP contribution in [0.2, 0.25) is 0 Å². The van der Waals surface area contributed by atoms with Crippen LogP contribution in [0, 0.1) is 11.6 Å². The number of anilines is 1. The van der Waals surface area contributed by atoms with Gasteiger partial charge in [-0.2, -0.15) is 8.78 Å². The fourth-order valence-corrected chi connectivity index (χ4v) is 3.19. The highest BCUT2D eigenvalue weighted by Crippen LogP contribution is 2.22. The average molecular weight is 393 g/mol. The lowest BCUT2D eigenvalue weighted by Gasteiger charge is -2.07. The molecule has 4 nitrogen and oxygen atoms in total. The van der Waals surface area contributed by atoms with E-state index in [1.807, 2.05) is 0 Å². The van der Waals surface area contributed by atoms with E-state index in [2.05, 4.69) is 5.32 Å². The number of nitrogens with one attached hydrogen (secondary N) is 1. The lowest BCUT2D eigenvalue weighted by atomic mass is 10.3. The minimum Gasteiger partial charge on any atom is -0.325 e. The van der Waals surface area contributed by atoms with Crippen LogP contribution in [-0.2, 0) is 14.6 Å². The molecule has 0 saturated carbocycles. The van der Waals surface area contributed by atoms with Crippen LogP contribution in [0.25, 0.3) is 0 Å². The molecular weight excluding hydrogens is 382 g/mol. The second-order valence-electron chi connectivity index (χ2n) is 4.74. The van der Waals surface area contributed by atoms with Crippen LogP contribution in [0.15, 0.2) is 52.3 Å². The number of halogens is 4. The molecule has 1 N–H and O–H groups in total. The summed E-state index contributed by atoms with van der Waals surface area (Å²) in [6, 6.07) is 7.49. The molecule has 0 aromatic heterocycles. The van der Waals surface area contributed by atoms with E-state index in [-0.39, 0.29) is 11.4 Å². The van der Waals surface area contributed by atoms with Gasteiger partial charge in [-0.15, -0.1) is 11.8 Å². The Morgan fingerprint density at radius 1 is 1.04 bits per heavy atom. The molecule has 134 valence electrons. The summed E-state index contributed by atoms with van der Waals surface area (Å²) in [5.41, 5.74) is 0.212. The van der Waals surface area contributed by atoms with Crippen LogP contribution in [0.1, 0.15) is 0 Å². The molecule has 0 saturated heterocycles. The number of rotatable bonds is 6. The number of hydrogen-bond acceptors (Lipinski definition) is 4. The van der Waals surface area contributed by atoms with Gasteiger partial charge in [-0.05, 0) is 42.5 Å². The smallest absolute Gasteiger partial charge is 0.325 e. The van der Waals surface area contributed by atoms with E-state index in [0.29, 0.717) is 4.90 Å². The van der Waals surface area contributed by atoms with E-state index >= 15 is 0 Å². The standard InChI is InChI=1S/C15H11F4NO3S2/c16-12-6-3-10(7-13(12)17)24-8-14(21)20-9-1-4-11(5-2-9)25(22,23)15(18)19/h1-7,15H,8H2,(H,20,21). The molecule has 0 aliphatic rings. The lowest BCUT2D eigenvalue weighted by Crippen LogP contribution is -2.15. The van der Waals surface area contributed by atoms with Crippen molar-refractivity contribution in [1.29, 1.82) is 0 Å². The van der Waals surface area contributed by atoms with Gasteiger partial charge in [0.15, 0.2) is 11.6 Å². The van der Waals surface area contributed by atoms with E-state index < -0.39 is 38.0 Å². The fourth-order valence-electron chi connectivity index (χ4n) is 1.74. The maximum absolute atomic E-state index is 13.1. The Balaban J connectivity index is 1.95. The predicted octanol–water partition coefficient (Wildman–Crippen LogP) is 3.69. The Labute approximate surface area is 145 Å². The molecule has 0 aliphatic carbocycles. The monoisotopic (exact) mass is 393 g/mol. The average Bonchev–Trinajstić information content (AvgIpc) is 2.56. The third kappa shape index (κ3) is 4.95. The number of thioether (sulfide) groups is 1. The highest BCUT2D eigenvalue weighted by Gasteiger charge is 2.26. The largest absolute Gasteiger partial charge is 0.341 e. The molecule has 0 atom stereocenters. The molecule has 25 heavy (non-hydrogen) atoms. The highest BCUT2D eigenvalue weighted by atomic mass is 32.2. The molecule has 0 bridgehead atoms. The summed E-state index contributed by atoms with van der Waals surface area (Å²) in [6.45, 7) is 0. The second-order valence-corrected chi connectivity index (χ2v) is 7.71. The summed E-state index contributed by atoms with van der Waals surface area (Å²) in [5, 5.41) is 2.44. The van der Waals surface area contributed by atoms with E-state index in [4.69, 9.17) is 0 Å². The van der Waals surface area contributed by atoms with Gasteiger partial charge >= 0.3 is 5.76 Å². The summed E-state index contributed by atoms with van der Waals surface area (Å²) in [6.07, 6.45) is 0. The molecule has 0 unspecified atom stereocenters. The number of hydrogen-bond donors (Lipinski definition) is 1. The third-order valence-corrected chi connectivity index (χ3v) is 5.35. The summed E-state index contributed by atoms with van der Waals surface area (Å²) >= 11 is 0.968. The molecule has 0 radical (unpaired) electrons. The number of carbonyl (C=O) groups excluding carboxylic acids is 1. The zero-order valence-corrected chi connectivity index (χ0v) is 14.0. The predicted molar refractivity (Wildman–Crippen MR) is 85.3 cm³/mol. The zero-order valence-electron chi connectivity index (χ0n) is 12.4. The number of benzene rings is 2. The Kier molecular flexibility index (Phi) is 6.07. The summed E-state index contributed by atoms with van der Waals surface area (Å²) < 4.78 is 73.2. The first kappa shape index (κ1) is 19.3. The summed E-state index contributed by atoms with van der Waals surface area (Å²) in [4.78, 5) is 11.6. The summed E-state index contributed by atoms with van der Waals surface area (Å²) in [7, 11) is -4.69.